The second kappa shape index (κ2) is 4.00. The average Bonchev–Trinajstić information content (AvgIpc) is 2.23. The molecule has 0 aromatic rings. The molecule has 105 valence electrons. The molecule has 0 aliphatic heterocycles. The Morgan fingerprint density at radius 2 is 1.84 bits per heavy atom. The molecule has 0 aromatic carbocycles. The summed E-state index contributed by atoms with van der Waals surface area (Å²) in [5, 5.41) is 0. The van der Waals surface area contributed by atoms with Gasteiger partial charge >= 0.3 is 12.1 Å². The van der Waals surface area contributed by atoms with Gasteiger partial charge in [-0.25, -0.2) is 4.79 Å². The maximum atomic E-state index is 12.5. The van der Waals surface area contributed by atoms with Gasteiger partial charge in [0.15, 0.2) is 0 Å². The van der Waals surface area contributed by atoms with Crippen molar-refractivity contribution in [2.75, 3.05) is 0 Å². The second-order valence-corrected chi connectivity index (χ2v) is 6.26. The summed E-state index contributed by atoms with van der Waals surface area (Å²) in [5.41, 5.74) is -2.07. The van der Waals surface area contributed by atoms with Gasteiger partial charge in [-0.1, -0.05) is 6.58 Å². The van der Waals surface area contributed by atoms with Crippen LogP contribution >= 0.6 is 0 Å². The van der Waals surface area contributed by atoms with E-state index in [-0.39, 0.29) is 0 Å². The molecule has 0 heterocycles. The van der Waals surface area contributed by atoms with Crippen LogP contribution in [-0.4, -0.2) is 17.7 Å². The highest BCUT2D eigenvalue weighted by Gasteiger charge is 2.54. The standard InChI is InChI=1S/C14H16F3O2/c1-8(14(15,16)17)12(18)19-13-5-9-2-10(6-13)4-11(3-9)7-13/h9-10H,1-7H2. The van der Waals surface area contributed by atoms with Gasteiger partial charge in [0.05, 0.1) is 0 Å². The van der Waals surface area contributed by atoms with E-state index in [9.17, 15) is 18.0 Å². The minimum absolute atomic E-state index is 0.489. The summed E-state index contributed by atoms with van der Waals surface area (Å²) < 4.78 is 42.6. The molecule has 4 aliphatic carbocycles. The van der Waals surface area contributed by atoms with Crippen LogP contribution in [0, 0.1) is 17.8 Å². The number of halogens is 3. The Morgan fingerprint density at radius 1 is 1.26 bits per heavy atom. The Hall–Kier alpha value is -1.00. The molecule has 2 nitrogen and oxygen atoms in total. The van der Waals surface area contributed by atoms with Crippen LogP contribution in [0.15, 0.2) is 12.2 Å². The number of hydrogen-bond donors (Lipinski definition) is 0. The van der Waals surface area contributed by atoms with Crippen molar-refractivity contribution in [1.82, 2.24) is 0 Å². The molecule has 4 bridgehead atoms. The van der Waals surface area contributed by atoms with Crippen LogP contribution < -0.4 is 0 Å². The van der Waals surface area contributed by atoms with Crippen LogP contribution in [0.3, 0.4) is 0 Å². The molecule has 4 fully saturated rings. The fourth-order valence-electron chi connectivity index (χ4n) is 4.22. The highest BCUT2D eigenvalue weighted by atomic mass is 19.4. The lowest BCUT2D eigenvalue weighted by molar-refractivity contribution is -0.179. The lowest BCUT2D eigenvalue weighted by Crippen LogP contribution is -2.52. The van der Waals surface area contributed by atoms with E-state index in [0.29, 0.717) is 31.1 Å². The van der Waals surface area contributed by atoms with Crippen LogP contribution in [-0.2, 0) is 9.53 Å². The van der Waals surface area contributed by atoms with Crippen molar-refractivity contribution in [3.05, 3.63) is 18.1 Å². The molecule has 2 atom stereocenters. The normalized spacial score (nSPS) is 37.4. The fraction of sp³-hybridized carbons (Fsp3) is 0.714. The Bertz CT molecular complexity index is 390. The third-order valence-corrected chi connectivity index (χ3v) is 4.61. The van der Waals surface area contributed by atoms with Gasteiger partial charge in [0.1, 0.15) is 11.2 Å². The molecule has 0 N–H and O–H groups in total. The first kappa shape index (κ1) is 13.0. The predicted octanol–water partition coefficient (Wildman–Crippen LogP) is 3.58. The first-order valence-electron chi connectivity index (χ1n) is 6.60. The van der Waals surface area contributed by atoms with E-state index in [1.165, 1.54) is 5.92 Å². The van der Waals surface area contributed by atoms with E-state index in [1.54, 1.807) is 0 Å². The molecule has 2 unspecified atom stereocenters. The monoisotopic (exact) mass is 273 g/mol. The van der Waals surface area contributed by atoms with Gasteiger partial charge < -0.3 is 4.74 Å². The molecule has 4 saturated carbocycles. The van der Waals surface area contributed by atoms with Crippen LogP contribution in [0.2, 0.25) is 0 Å². The summed E-state index contributed by atoms with van der Waals surface area (Å²) in [6, 6.07) is 0. The number of rotatable bonds is 2. The van der Waals surface area contributed by atoms with E-state index < -0.39 is 23.3 Å². The highest BCUT2D eigenvalue weighted by molar-refractivity contribution is 5.89. The van der Waals surface area contributed by atoms with Crippen molar-refractivity contribution in [3.63, 3.8) is 0 Å². The number of carbonyl (C=O) groups is 1. The van der Waals surface area contributed by atoms with Crippen molar-refractivity contribution in [3.8, 4) is 0 Å². The van der Waals surface area contributed by atoms with Crippen LogP contribution in [0.1, 0.15) is 38.5 Å². The van der Waals surface area contributed by atoms with Gasteiger partial charge in [-0.15, -0.1) is 0 Å². The number of alkyl halides is 3. The Kier molecular flexibility index (Phi) is 2.74. The van der Waals surface area contributed by atoms with Gasteiger partial charge in [0, 0.05) is 0 Å². The van der Waals surface area contributed by atoms with E-state index >= 15 is 0 Å². The SMILES string of the molecule is C=C(C(=O)OC12C[C]3CC(CC(C3)C1)C2)C(F)(F)F. The van der Waals surface area contributed by atoms with Crippen molar-refractivity contribution in [2.24, 2.45) is 11.8 Å². The van der Waals surface area contributed by atoms with Crippen molar-refractivity contribution in [1.29, 1.82) is 0 Å². The Labute approximate surface area is 110 Å². The molecule has 4 rings (SSSR count). The quantitative estimate of drug-likeness (QED) is 0.568. The Balaban J connectivity index is 1.73. The smallest absolute Gasteiger partial charge is 0.422 e. The van der Waals surface area contributed by atoms with Crippen molar-refractivity contribution < 1.29 is 22.7 Å². The number of carbonyl (C=O) groups excluding carboxylic acids is 1. The number of ether oxygens (including phenoxy) is 1. The largest absolute Gasteiger partial charge is 0.455 e. The lowest BCUT2D eigenvalue weighted by atomic mass is 9.54. The molecular weight excluding hydrogens is 257 g/mol. The lowest BCUT2D eigenvalue weighted by Gasteiger charge is -2.55. The maximum absolute atomic E-state index is 12.5. The zero-order valence-electron chi connectivity index (χ0n) is 10.6. The third-order valence-electron chi connectivity index (χ3n) is 4.61. The molecule has 19 heavy (non-hydrogen) atoms. The summed E-state index contributed by atoms with van der Waals surface area (Å²) in [6.07, 6.45) is 0.631. The van der Waals surface area contributed by atoms with Gasteiger partial charge in [-0.3, -0.25) is 0 Å². The minimum Gasteiger partial charge on any atom is -0.455 e. The molecule has 0 aromatic heterocycles. The maximum Gasteiger partial charge on any atom is 0.422 e. The molecule has 4 aliphatic rings. The van der Waals surface area contributed by atoms with Crippen molar-refractivity contribution in [2.45, 2.75) is 50.3 Å². The van der Waals surface area contributed by atoms with E-state index in [1.807, 2.05) is 0 Å². The molecule has 0 saturated heterocycles. The van der Waals surface area contributed by atoms with Gasteiger partial charge in [-0.2, -0.15) is 13.2 Å². The number of hydrogen-bond acceptors (Lipinski definition) is 2. The van der Waals surface area contributed by atoms with Crippen LogP contribution in [0.5, 0.6) is 0 Å². The topological polar surface area (TPSA) is 26.3 Å². The second-order valence-electron chi connectivity index (χ2n) is 6.26. The zero-order valence-corrected chi connectivity index (χ0v) is 10.6. The molecule has 0 amide bonds. The molecule has 1 radical (unpaired) electrons. The predicted molar refractivity (Wildman–Crippen MR) is 61.9 cm³/mol. The molecular formula is C14H16F3O2. The summed E-state index contributed by atoms with van der Waals surface area (Å²) >= 11 is 0. The third kappa shape index (κ3) is 2.28. The van der Waals surface area contributed by atoms with Gasteiger partial charge in [-0.05, 0) is 56.3 Å². The summed E-state index contributed by atoms with van der Waals surface area (Å²) in [7, 11) is 0. The van der Waals surface area contributed by atoms with Gasteiger partial charge in [0.2, 0.25) is 0 Å². The van der Waals surface area contributed by atoms with Crippen molar-refractivity contribution >= 4 is 5.97 Å². The zero-order chi connectivity index (χ0) is 13.8. The summed E-state index contributed by atoms with van der Waals surface area (Å²) in [4.78, 5) is 11.6. The first-order chi connectivity index (χ1) is 8.77. The van der Waals surface area contributed by atoms with Crippen LogP contribution in [0.25, 0.3) is 0 Å². The Morgan fingerprint density at radius 3 is 2.32 bits per heavy atom. The number of esters is 1. The fourth-order valence-corrected chi connectivity index (χ4v) is 4.22. The summed E-state index contributed by atoms with van der Waals surface area (Å²) in [6.45, 7) is 2.82. The minimum atomic E-state index is -4.70. The molecule has 5 heteroatoms. The van der Waals surface area contributed by atoms with E-state index in [2.05, 4.69) is 6.58 Å². The highest BCUT2D eigenvalue weighted by Crippen LogP contribution is 2.58. The summed E-state index contributed by atoms with van der Waals surface area (Å²) in [5.74, 6) is 1.05. The van der Waals surface area contributed by atoms with Gasteiger partial charge in [0.25, 0.3) is 0 Å². The van der Waals surface area contributed by atoms with E-state index in [4.69, 9.17) is 4.74 Å². The first-order valence-corrected chi connectivity index (χ1v) is 6.60. The molecule has 0 spiro atoms. The average molecular weight is 273 g/mol. The van der Waals surface area contributed by atoms with Crippen LogP contribution in [0.4, 0.5) is 13.2 Å². The van der Waals surface area contributed by atoms with E-state index in [0.717, 1.165) is 19.3 Å².